The van der Waals surface area contributed by atoms with Crippen LogP contribution in [0.4, 0.5) is 0 Å². The Morgan fingerprint density at radius 1 is 1.29 bits per heavy atom. The van der Waals surface area contributed by atoms with Crippen LogP contribution in [0, 0.1) is 6.92 Å². The van der Waals surface area contributed by atoms with Gasteiger partial charge in [-0.15, -0.1) is 0 Å². The zero-order valence-corrected chi connectivity index (χ0v) is 11.8. The molecule has 1 rings (SSSR count). The molecular weight excluding hydrogens is 283 g/mol. The molecule has 0 unspecified atom stereocenters. The predicted octanol–water partition coefficient (Wildman–Crippen LogP) is 3.38. The van der Waals surface area contributed by atoms with Crippen molar-refractivity contribution in [3.63, 3.8) is 0 Å². The summed E-state index contributed by atoms with van der Waals surface area (Å²) in [5.41, 5.74) is 0.999. The van der Waals surface area contributed by atoms with Crippen LogP contribution in [0.3, 0.4) is 0 Å². The van der Waals surface area contributed by atoms with Gasteiger partial charge in [0.2, 0.25) is 9.05 Å². The van der Waals surface area contributed by atoms with Crippen molar-refractivity contribution in [2.24, 2.45) is 0 Å². The van der Waals surface area contributed by atoms with E-state index in [1.165, 1.54) is 0 Å². The summed E-state index contributed by atoms with van der Waals surface area (Å²) in [7, 11) is 1.70. The summed E-state index contributed by atoms with van der Waals surface area (Å²) in [4.78, 5) is 0. The van der Waals surface area contributed by atoms with E-state index in [-0.39, 0.29) is 5.75 Å². The van der Waals surface area contributed by atoms with Crippen LogP contribution in [-0.4, -0.2) is 20.8 Å². The van der Waals surface area contributed by atoms with Crippen LogP contribution in [0.1, 0.15) is 18.4 Å². The second-order valence-corrected chi connectivity index (χ2v) is 7.04. The van der Waals surface area contributed by atoms with Crippen LogP contribution in [0.5, 0.6) is 5.75 Å². The third-order valence-corrected chi connectivity index (χ3v) is 3.66. The Morgan fingerprint density at radius 2 is 2.00 bits per heavy atom. The number of rotatable bonds is 6. The molecule has 0 spiro atoms. The molecule has 6 heteroatoms. The van der Waals surface area contributed by atoms with E-state index in [4.69, 9.17) is 27.0 Å². The van der Waals surface area contributed by atoms with E-state index in [1.54, 1.807) is 12.1 Å². The van der Waals surface area contributed by atoms with Gasteiger partial charge < -0.3 is 4.74 Å². The Labute approximate surface area is 111 Å². The Bertz CT molecular complexity index is 472. The Kier molecular flexibility index (Phi) is 5.56. The first-order valence-corrected chi connectivity index (χ1v) is 8.05. The summed E-state index contributed by atoms with van der Waals surface area (Å²) in [5.74, 6) is 0.707. The van der Waals surface area contributed by atoms with Crippen LogP contribution in [-0.2, 0) is 9.05 Å². The van der Waals surface area contributed by atoms with Crippen LogP contribution < -0.4 is 4.74 Å². The molecule has 0 saturated heterocycles. The quantitative estimate of drug-likeness (QED) is 0.597. The minimum atomic E-state index is -3.39. The van der Waals surface area contributed by atoms with Gasteiger partial charge in [-0.05, 0) is 37.5 Å². The highest BCUT2D eigenvalue weighted by Crippen LogP contribution is 2.22. The lowest BCUT2D eigenvalue weighted by atomic mass is 10.2. The average molecular weight is 297 g/mol. The van der Waals surface area contributed by atoms with Gasteiger partial charge in [-0.1, -0.05) is 17.7 Å². The molecule has 1 aromatic rings. The van der Waals surface area contributed by atoms with Gasteiger partial charge in [-0.3, -0.25) is 0 Å². The summed E-state index contributed by atoms with van der Waals surface area (Å²) in [6.45, 7) is 2.38. The van der Waals surface area contributed by atoms with Gasteiger partial charge in [0.05, 0.1) is 12.4 Å². The molecule has 3 nitrogen and oxygen atoms in total. The molecule has 0 aliphatic rings. The normalized spacial score (nSPS) is 11.5. The number of hydrogen-bond donors (Lipinski definition) is 0. The Hall–Kier alpha value is -0.450. The molecule has 0 heterocycles. The molecular formula is C11H14Cl2O3S. The first-order chi connectivity index (χ1) is 7.88. The smallest absolute Gasteiger partial charge is 0.232 e. The summed E-state index contributed by atoms with van der Waals surface area (Å²) in [6.07, 6.45) is 1.13. The van der Waals surface area contributed by atoms with Gasteiger partial charge in [0.1, 0.15) is 5.75 Å². The Balaban J connectivity index is 2.34. The second-order valence-electron chi connectivity index (χ2n) is 3.71. The maximum atomic E-state index is 10.7. The number of hydrogen-bond acceptors (Lipinski definition) is 3. The number of halogens is 2. The monoisotopic (exact) mass is 296 g/mol. The predicted molar refractivity (Wildman–Crippen MR) is 70.6 cm³/mol. The third kappa shape index (κ3) is 6.15. The van der Waals surface area contributed by atoms with Gasteiger partial charge >= 0.3 is 0 Å². The van der Waals surface area contributed by atoms with E-state index >= 15 is 0 Å². The number of aryl methyl sites for hydroxylation is 1. The first kappa shape index (κ1) is 14.6. The van der Waals surface area contributed by atoms with Crippen LogP contribution in [0.15, 0.2) is 18.2 Å². The fraction of sp³-hybridized carbons (Fsp3) is 0.455. The highest BCUT2D eigenvalue weighted by molar-refractivity contribution is 8.13. The van der Waals surface area contributed by atoms with Crippen LogP contribution in [0.25, 0.3) is 0 Å². The second kappa shape index (κ2) is 6.47. The van der Waals surface area contributed by atoms with E-state index in [0.29, 0.717) is 24.5 Å². The maximum absolute atomic E-state index is 10.7. The zero-order valence-electron chi connectivity index (χ0n) is 9.45. The van der Waals surface area contributed by atoms with Crippen molar-refractivity contribution in [1.82, 2.24) is 0 Å². The molecule has 1 aromatic carbocycles. The molecule has 0 N–H and O–H groups in total. The van der Waals surface area contributed by atoms with E-state index in [1.807, 2.05) is 13.0 Å². The van der Waals surface area contributed by atoms with Crippen molar-refractivity contribution >= 4 is 31.3 Å². The molecule has 96 valence electrons. The minimum Gasteiger partial charge on any atom is -0.493 e. The lowest BCUT2D eigenvalue weighted by molar-refractivity contribution is 0.307. The van der Waals surface area contributed by atoms with Crippen molar-refractivity contribution in [1.29, 1.82) is 0 Å². The number of benzene rings is 1. The summed E-state index contributed by atoms with van der Waals surface area (Å²) in [6, 6.07) is 5.42. The van der Waals surface area contributed by atoms with E-state index in [9.17, 15) is 8.42 Å². The number of unbranched alkanes of at least 4 members (excludes halogenated alkanes) is 1. The fourth-order valence-corrected chi connectivity index (χ4v) is 2.33. The largest absolute Gasteiger partial charge is 0.493 e. The molecule has 0 saturated carbocycles. The molecule has 0 bridgehead atoms. The van der Waals surface area contributed by atoms with Crippen LogP contribution >= 0.6 is 22.3 Å². The van der Waals surface area contributed by atoms with Gasteiger partial charge in [0, 0.05) is 15.7 Å². The summed E-state index contributed by atoms with van der Waals surface area (Å²) < 4.78 is 26.9. The summed E-state index contributed by atoms with van der Waals surface area (Å²) in [5, 5.41) is 0.619. The number of ether oxygens (including phenoxy) is 1. The lowest BCUT2D eigenvalue weighted by Gasteiger charge is -2.08. The Morgan fingerprint density at radius 3 is 2.65 bits per heavy atom. The zero-order chi connectivity index (χ0) is 12.9. The standard InChI is InChI=1S/C11H14Cl2O3S/c1-9-4-5-10(12)8-11(9)16-6-2-3-7-17(13,14)15/h4-5,8H,2-3,6-7H2,1H3. The van der Waals surface area contributed by atoms with Crippen molar-refractivity contribution in [2.75, 3.05) is 12.4 Å². The minimum absolute atomic E-state index is 0.0214. The first-order valence-electron chi connectivity index (χ1n) is 5.20. The summed E-state index contributed by atoms with van der Waals surface area (Å²) >= 11 is 5.84. The fourth-order valence-electron chi connectivity index (χ4n) is 1.29. The van der Waals surface area contributed by atoms with Gasteiger partial charge in [0.15, 0.2) is 0 Å². The SMILES string of the molecule is Cc1ccc(Cl)cc1OCCCCS(=O)(=O)Cl. The molecule has 0 atom stereocenters. The molecule has 0 aliphatic carbocycles. The molecule has 0 radical (unpaired) electrons. The van der Waals surface area contributed by atoms with Crippen molar-refractivity contribution < 1.29 is 13.2 Å². The third-order valence-electron chi connectivity index (χ3n) is 2.19. The topological polar surface area (TPSA) is 43.4 Å². The van der Waals surface area contributed by atoms with Crippen LogP contribution in [0.2, 0.25) is 5.02 Å². The molecule has 0 aliphatic heterocycles. The highest BCUT2D eigenvalue weighted by atomic mass is 35.7. The molecule has 17 heavy (non-hydrogen) atoms. The molecule has 0 amide bonds. The van der Waals surface area contributed by atoms with Gasteiger partial charge in [0.25, 0.3) is 0 Å². The average Bonchev–Trinajstić information content (AvgIpc) is 2.21. The lowest BCUT2D eigenvalue weighted by Crippen LogP contribution is -2.03. The van der Waals surface area contributed by atoms with E-state index in [0.717, 1.165) is 11.3 Å². The highest BCUT2D eigenvalue weighted by Gasteiger charge is 2.05. The van der Waals surface area contributed by atoms with Crippen molar-refractivity contribution in [2.45, 2.75) is 19.8 Å². The van der Waals surface area contributed by atoms with Crippen molar-refractivity contribution in [3.05, 3.63) is 28.8 Å². The van der Waals surface area contributed by atoms with Gasteiger partial charge in [-0.25, -0.2) is 8.42 Å². The van der Waals surface area contributed by atoms with E-state index in [2.05, 4.69) is 0 Å². The molecule has 0 aromatic heterocycles. The maximum Gasteiger partial charge on any atom is 0.232 e. The van der Waals surface area contributed by atoms with Crippen molar-refractivity contribution in [3.8, 4) is 5.75 Å². The molecule has 0 fully saturated rings. The van der Waals surface area contributed by atoms with E-state index < -0.39 is 9.05 Å². The van der Waals surface area contributed by atoms with Gasteiger partial charge in [-0.2, -0.15) is 0 Å².